The molecule has 0 saturated carbocycles. The van der Waals surface area contributed by atoms with Crippen molar-refractivity contribution in [2.45, 2.75) is 6.54 Å². The first-order valence-electron chi connectivity index (χ1n) is 6.72. The maximum absolute atomic E-state index is 11.7. The Bertz CT molecular complexity index is 880. The van der Waals surface area contributed by atoms with Crippen LogP contribution >= 0.6 is 11.3 Å². The monoisotopic (exact) mass is 328 g/mol. The molecule has 3 rings (SSSR count). The molecule has 0 atom stereocenters. The minimum Gasteiger partial charge on any atom is -0.343 e. The summed E-state index contributed by atoms with van der Waals surface area (Å²) >= 11 is 1.54. The topological polar surface area (TPSA) is 101 Å². The van der Waals surface area contributed by atoms with Gasteiger partial charge >= 0.3 is 0 Å². The van der Waals surface area contributed by atoms with Crippen LogP contribution in [0, 0.1) is 0 Å². The Labute approximate surface area is 134 Å². The van der Waals surface area contributed by atoms with E-state index in [0.29, 0.717) is 5.56 Å². The number of nitrogens with zero attached hydrogens (tertiary/aromatic N) is 2. The number of aromatic amines is 1. The van der Waals surface area contributed by atoms with E-state index in [1.165, 1.54) is 12.3 Å². The maximum atomic E-state index is 11.7. The Hall–Kier alpha value is -3.00. The quantitative estimate of drug-likeness (QED) is 0.696. The molecular weight excluding hydrogens is 316 g/mol. The van der Waals surface area contributed by atoms with Crippen LogP contribution in [0.5, 0.6) is 0 Å². The van der Waals surface area contributed by atoms with E-state index in [4.69, 9.17) is 4.52 Å². The summed E-state index contributed by atoms with van der Waals surface area (Å²) in [5, 5.41) is 8.31. The van der Waals surface area contributed by atoms with Crippen molar-refractivity contribution >= 4 is 23.3 Å². The molecule has 0 spiro atoms. The summed E-state index contributed by atoms with van der Waals surface area (Å²) in [6.45, 7) is 0.0886. The third-order valence-electron chi connectivity index (χ3n) is 2.88. The number of amides is 1. The Kier molecular flexibility index (Phi) is 4.44. The number of nitrogens with one attached hydrogen (secondary N) is 2. The Morgan fingerprint density at radius 3 is 3.09 bits per heavy atom. The molecule has 3 aromatic heterocycles. The SMILES string of the molecule is O=C(/C=C/c1cccs1)NCc1nc(-c2ccc[nH]c2=O)no1. The van der Waals surface area contributed by atoms with Crippen molar-refractivity contribution < 1.29 is 9.32 Å². The predicted molar refractivity (Wildman–Crippen MR) is 85.6 cm³/mol. The van der Waals surface area contributed by atoms with Crippen LogP contribution in [0.3, 0.4) is 0 Å². The second-order valence-electron chi connectivity index (χ2n) is 4.49. The fourth-order valence-electron chi connectivity index (χ4n) is 1.80. The summed E-state index contributed by atoms with van der Waals surface area (Å²) in [4.78, 5) is 31.0. The van der Waals surface area contributed by atoms with E-state index >= 15 is 0 Å². The zero-order valence-corrected chi connectivity index (χ0v) is 12.7. The standard InChI is InChI=1S/C15H12N4O3S/c20-12(6-5-10-3-2-8-23-10)17-9-13-18-14(19-22-13)11-4-1-7-16-15(11)21/h1-8H,9H2,(H,16,21)(H,17,20)/b6-5+. The third-order valence-corrected chi connectivity index (χ3v) is 3.72. The zero-order valence-electron chi connectivity index (χ0n) is 11.9. The van der Waals surface area contributed by atoms with Gasteiger partial charge in [0, 0.05) is 17.2 Å². The molecular formula is C15H12N4O3S. The molecule has 2 N–H and O–H groups in total. The van der Waals surface area contributed by atoms with E-state index in [0.717, 1.165) is 4.88 Å². The van der Waals surface area contributed by atoms with Gasteiger partial charge < -0.3 is 14.8 Å². The lowest BCUT2D eigenvalue weighted by atomic mass is 10.3. The van der Waals surface area contributed by atoms with Crippen molar-refractivity contribution in [1.82, 2.24) is 20.4 Å². The second kappa shape index (κ2) is 6.84. The van der Waals surface area contributed by atoms with Crippen LogP contribution in [0.15, 0.2) is 51.2 Å². The second-order valence-corrected chi connectivity index (χ2v) is 5.47. The lowest BCUT2D eigenvalue weighted by molar-refractivity contribution is -0.116. The first-order valence-corrected chi connectivity index (χ1v) is 7.60. The molecule has 3 heterocycles. The predicted octanol–water partition coefficient (Wildman–Crippen LogP) is 1.82. The summed E-state index contributed by atoms with van der Waals surface area (Å²) in [6, 6.07) is 7.09. The van der Waals surface area contributed by atoms with Gasteiger partial charge in [0.25, 0.3) is 5.56 Å². The highest BCUT2D eigenvalue weighted by molar-refractivity contribution is 7.10. The van der Waals surface area contributed by atoms with E-state index in [-0.39, 0.29) is 29.7 Å². The summed E-state index contributed by atoms with van der Waals surface area (Å²) in [5.74, 6) is 0.141. The van der Waals surface area contributed by atoms with E-state index in [2.05, 4.69) is 20.4 Å². The van der Waals surface area contributed by atoms with Gasteiger partial charge in [0.1, 0.15) is 0 Å². The molecule has 0 fully saturated rings. The summed E-state index contributed by atoms with van der Waals surface area (Å²) in [6.07, 6.45) is 4.68. The van der Waals surface area contributed by atoms with Gasteiger partial charge in [0.2, 0.25) is 17.6 Å². The Balaban J connectivity index is 1.60. The number of aromatic nitrogens is 3. The van der Waals surface area contributed by atoms with Crippen molar-refractivity contribution in [2.24, 2.45) is 0 Å². The van der Waals surface area contributed by atoms with E-state index < -0.39 is 0 Å². The fraction of sp³-hybridized carbons (Fsp3) is 0.0667. The molecule has 0 unspecified atom stereocenters. The van der Waals surface area contributed by atoms with Crippen molar-refractivity contribution in [3.8, 4) is 11.4 Å². The van der Waals surface area contributed by atoms with Gasteiger partial charge in [-0.3, -0.25) is 9.59 Å². The molecule has 116 valence electrons. The minimum atomic E-state index is -0.303. The third kappa shape index (κ3) is 3.80. The zero-order chi connectivity index (χ0) is 16.1. The molecule has 0 aliphatic carbocycles. The van der Waals surface area contributed by atoms with Crippen molar-refractivity contribution in [1.29, 1.82) is 0 Å². The van der Waals surface area contributed by atoms with Gasteiger partial charge in [-0.2, -0.15) is 4.98 Å². The number of carbonyl (C=O) groups excluding carboxylic acids is 1. The van der Waals surface area contributed by atoms with Crippen LogP contribution in [-0.4, -0.2) is 21.0 Å². The van der Waals surface area contributed by atoms with Gasteiger partial charge in [0.15, 0.2) is 0 Å². The van der Waals surface area contributed by atoms with Gasteiger partial charge in [-0.25, -0.2) is 0 Å². The molecule has 23 heavy (non-hydrogen) atoms. The van der Waals surface area contributed by atoms with Gasteiger partial charge in [-0.15, -0.1) is 11.3 Å². The van der Waals surface area contributed by atoms with Gasteiger partial charge in [-0.05, 0) is 29.7 Å². The average molecular weight is 328 g/mol. The molecule has 0 aliphatic heterocycles. The molecule has 3 aromatic rings. The number of hydrogen-bond donors (Lipinski definition) is 2. The molecule has 7 nitrogen and oxygen atoms in total. The molecule has 0 aliphatic rings. The minimum absolute atomic E-state index is 0.0886. The number of H-pyrrole nitrogens is 1. The smallest absolute Gasteiger partial charge is 0.259 e. The average Bonchev–Trinajstić information content (AvgIpc) is 3.23. The number of hydrogen-bond acceptors (Lipinski definition) is 6. The van der Waals surface area contributed by atoms with Crippen LogP contribution in [0.1, 0.15) is 10.8 Å². The van der Waals surface area contributed by atoms with Crippen LogP contribution in [0.2, 0.25) is 0 Å². The van der Waals surface area contributed by atoms with Crippen molar-refractivity contribution in [2.75, 3.05) is 0 Å². The first-order chi connectivity index (χ1) is 11.2. The number of thiophene rings is 1. The van der Waals surface area contributed by atoms with Gasteiger partial charge in [0.05, 0.1) is 12.1 Å². The Morgan fingerprint density at radius 1 is 1.39 bits per heavy atom. The number of pyridine rings is 1. The molecule has 0 radical (unpaired) electrons. The molecule has 0 aromatic carbocycles. The first kappa shape index (κ1) is 14.9. The highest BCUT2D eigenvalue weighted by Crippen LogP contribution is 2.11. The van der Waals surface area contributed by atoms with E-state index in [1.54, 1.807) is 29.5 Å². The van der Waals surface area contributed by atoms with Crippen LogP contribution < -0.4 is 10.9 Å². The summed E-state index contributed by atoms with van der Waals surface area (Å²) in [7, 11) is 0. The lowest BCUT2D eigenvalue weighted by Crippen LogP contribution is -2.20. The highest BCUT2D eigenvalue weighted by atomic mass is 32.1. The summed E-state index contributed by atoms with van der Waals surface area (Å²) < 4.78 is 5.02. The maximum Gasteiger partial charge on any atom is 0.259 e. The van der Waals surface area contributed by atoms with Crippen LogP contribution in [0.4, 0.5) is 0 Å². The molecule has 1 amide bonds. The fourth-order valence-corrected chi connectivity index (χ4v) is 2.42. The summed E-state index contributed by atoms with van der Waals surface area (Å²) in [5.41, 5.74) is 0.00850. The van der Waals surface area contributed by atoms with E-state index in [1.807, 2.05) is 17.5 Å². The van der Waals surface area contributed by atoms with Crippen LogP contribution in [-0.2, 0) is 11.3 Å². The normalized spacial score (nSPS) is 11.0. The molecule has 8 heteroatoms. The molecule has 0 saturated heterocycles. The van der Waals surface area contributed by atoms with E-state index in [9.17, 15) is 9.59 Å². The lowest BCUT2D eigenvalue weighted by Gasteiger charge is -1.96. The number of carbonyl (C=O) groups is 1. The van der Waals surface area contributed by atoms with Crippen molar-refractivity contribution in [3.63, 3.8) is 0 Å². The highest BCUT2D eigenvalue weighted by Gasteiger charge is 2.11. The largest absolute Gasteiger partial charge is 0.343 e. The van der Waals surface area contributed by atoms with Crippen LogP contribution in [0.25, 0.3) is 17.5 Å². The Morgan fingerprint density at radius 2 is 2.30 bits per heavy atom. The van der Waals surface area contributed by atoms with Crippen molar-refractivity contribution in [3.05, 3.63) is 63.0 Å². The van der Waals surface area contributed by atoms with Gasteiger partial charge in [-0.1, -0.05) is 11.2 Å². The molecule has 0 bridgehead atoms. The number of rotatable bonds is 5.